The Kier molecular flexibility index (Phi) is 5.49. The number of aliphatic hydroxyl groups is 1. The van der Waals surface area contributed by atoms with E-state index in [-0.39, 0.29) is 6.35 Å². The Hall–Kier alpha value is -0.180. The molecule has 10 heavy (non-hydrogen) atoms. The maximum Gasteiger partial charge on any atom is 0.320 e. The fourth-order valence-electron chi connectivity index (χ4n) is 0.460. The fraction of sp³-hybridized carbons (Fsp3) is 0.800. The van der Waals surface area contributed by atoms with Gasteiger partial charge in [0.2, 0.25) is 0 Å². The van der Waals surface area contributed by atoms with Gasteiger partial charge in [-0.1, -0.05) is 8.58 Å². The first-order chi connectivity index (χ1) is 4.68. The molecule has 0 aliphatic carbocycles. The summed E-state index contributed by atoms with van der Waals surface area (Å²) in [7, 11) is 0.413. The van der Waals surface area contributed by atoms with Gasteiger partial charge in [-0.2, -0.15) is 0 Å². The monoisotopic (exact) mass is 165 g/mol. The van der Waals surface area contributed by atoms with Crippen LogP contribution in [-0.2, 0) is 4.79 Å². The number of carboxylic acids is 1. The van der Waals surface area contributed by atoms with Crippen LogP contribution < -0.4 is 5.73 Å². The van der Waals surface area contributed by atoms with Crippen LogP contribution in [0.4, 0.5) is 0 Å². The molecule has 4 N–H and O–H groups in total. The third-order valence-corrected chi connectivity index (χ3v) is 1.93. The standard InChI is InChI=1S/C5H12NO3P/c6-4(5(8)9)1-2-10-3-7/h4,7,10H,1-3,6H2,(H,8,9)/t4-/m1/s1. The van der Waals surface area contributed by atoms with Crippen molar-refractivity contribution in [2.75, 3.05) is 12.5 Å². The molecule has 0 radical (unpaired) electrons. The van der Waals surface area contributed by atoms with Crippen LogP contribution in [-0.4, -0.2) is 34.7 Å². The van der Waals surface area contributed by atoms with Crippen LogP contribution in [0.3, 0.4) is 0 Å². The van der Waals surface area contributed by atoms with Gasteiger partial charge in [0.1, 0.15) is 6.04 Å². The number of aliphatic hydroxyl groups excluding tert-OH is 1. The fourth-order valence-corrected chi connectivity index (χ4v) is 1.13. The first-order valence-corrected chi connectivity index (χ1v) is 4.40. The van der Waals surface area contributed by atoms with Crippen molar-refractivity contribution >= 4 is 14.6 Å². The highest BCUT2D eigenvalue weighted by atomic mass is 31.1. The summed E-state index contributed by atoms with van der Waals surface area (Å²) < 4.78 is 0. The molecule has 0 heterocycles. The predicted molar refractivity (Wildman–Crippen MR) is 40.5 cm³/mol. The Labute approximate surface area is 61.2 Å². The molecule has 5 heteroatoms. The van der Waals surface area contributed by atoms with Crippen molar-refractivity contribution in [2.24, 2.45) is 5.73 Å². The third-order valence-electron chi connectivity index (χ3n) is 1.06. The SMILES string of the molecule is N[C@H](CCPCO)C(=O)O. The lowest BCUT2D eigenvalue weighted by atomic mass is 10.2. The van der Waals surface area contributed by atoms with Crippen LogP contribution >= 0.6 is 8.58 Å². The highest BCUT2D eigenvalue weighted by Gasteiger charge is 2.09. The molecule has 0 aliphatic rings. The maximum absolute atomic E-state index is 10.1. The third kappa shape index (κ3) is 4.68. The van der Waals surface area contributed by atoms with Crippen molar-refractivity contribution in [3.05, 3.63) is 0 Å². The van der Waals surface area contributed by atoms with Crippen molar-refractivity contribution in [2.45, 2.75) is 12.5 Å². The van der Waals surface area contributed by atoms with Gasteiger partial charge in [-0.15, -0.1) is 0 Å². The molecular weight excluding hydrogens is 153 g/mol. The summed E-state index contributed by atoms with van der Waals surface area (Å²) in [5, 5.41) is 16.6. The van der Waals surface area contributed by atoms with Crippen LogP contribution in [0.5, 0.6) is 0 Å². The summed E-state index contributed by atoms with van der Waals surface area (Å²) in [4.78, 5) is 10.1. The molecule has 0 amide bonds. The molecule has 0 rings (SSSR count). The minimum Gasteiger partial charge on any atom is -0.480 e. The lowest BCUT2D eigenvalue weighted by Gasteiger charge is -2.03. The molecule has 60 valence electrons. The molecule has 1 unspecified atom stereocenters. The van der Waals surface area contributed by atoms with Crippen LogP contribution in [0.15, 0.2) is 0 Å². The van der Waals surface area contributed by atoms with Gasteiger partial charge >= 0.3 is 5.97 Å². The van der Waals surface area contributed by atoms with Gasteiger partial charge in [-0.25, -0.2) is 0 Å². The molecule has 2 atom stereocenters. The van der Waals surface area contributed by atoms with Crippen molar-refractivity contribution in [3.8, 4) is 0 Å². The van der Waals surface area contributed by atoms with Crippen molar-refractivity contribution < 1.29 is 15.0 Å². The second-order valence-electron chi connectivity index (χ2n) is 1.89. The quantitative estimate of drug-likeness (QED) is 0.376. The molecule has 0 bridgehead atoms. The van der Waals surface area contributed by atoms with Crippen LogP contribution in [0.25, 0.3) is 0 Å². The molecule has 0 saturated carbocycles. The van der Waals surface area contributed by atoms with E-state index in [4.69, 9.17) is 15.9 Å². The van der Waals surface area contributed by atoms with E-state index in [0.717, 1.165) is 0 Å². The minimum absolute atomic E-state index is 0.131. The van der Waals surface area contributed by atoms with Gasteiger partial charge in [0, 0.05) is 0 Å². The number of hydrogen-bond acceptors (Lipinski definition) is 3. The Morgan fingerprint density at radius 2 is 2.30 bits per heavy atom. The molecule has 0 aromatic carbocycles. The zero-order chi connectivity index (χ0) is 7.98. The normalized spacial score (nSPS) is 14.2. The predicted octanol–water partition coefficient (Wildman–Crippen LogP) is -0.583. The lowest BCUT2D eigenvalue weighted by molar-refractivity contribution is -0.138. The first-order valence-electron chi connectivity index (χ1n) is 2.98. The largest absolute Gasteiger partial charge is 0.480 e. The van der Waals surface area contributed by atoms with Crippen molar-refractivity contribution in [1.29, 1.82) is 0 Å². The number of carbonyl (C=O) groups is 1. The van der Waals surface area contributed by atoms with Crippen LogP contribution in [0, 0.1) is 0 Å². The first kappa shape index (κ1) is 9.82. The number of nitrogens with two attached hydrogens (primary N) is 1. The molecule has 0 spiro atoms. The maximum atomic E-state index is 10.1. The number of carboxylic acid groups (broad SMARTS) is 1. The van der Waals surface area contributed by atoms with Gasteiger partial charge in [-0.05, 0) is 12.6 Å². The molecule has 0 fully saturated rings. The summed E-state index contributed by atoms with van der Waals surface area (Å²) in [6.45, 7) is 0. The average Bonchev–Trinajstić information content (AvgIpc) is 1.88. The molecule has 0 saturated heterocycles. The molecular formula is C5H12NO3P. The van der Waals surface area contributed by atoms with Gasteiger partial charge < -0.3 is 15.9 Å². The number of aliphatic carboxylic acids is 1. The van der Waals surface area contributed by atoms with E-state index in [1.54, 1.807) is 0 Å². The van der Waals surface area contributed by atoms with Gasteiger partial charge in [0.05, 0.1) is 6.35 Å². The van der Waals surface area contributed by atoms with Gasteiger partial charge in [-0.3, -0.25) is 4.79 Å². The smallest absolute Gasteiger partial charge is 0.320 e. The Balaban J connectivity index is 3.21. The van der Waals surface area contributed by atoms with E-state index >= 15 is 0 Å². The van der Waals surface area contributed by atoms with E-state index in [1.165, 1.54) is 0 Å². The number of hydrogen-bond donors (Lipinski definition) is 3. The minimum atomic E-state index is -0.970. The summed E-state index contributed by atoms with van der Waals surface area (Å²) in [6, 6.07) is -0.765. The molecule has 0 aromatic rings. The second kappa shape index (κ2) is 5.59. The van der Waals surface area contributed by atoms with Gasteiger partial charge in [0.25, 0.3) is 0 Å². The zero-order valence-corrected chi connectivity index (χ0v) is 6.58. The van der Waals surface area contributed by atoms with Gasteiger partial charge in [0.15, 0.2) is 0 Å². The summed E-state index contributed by atoms with van der Waals surface area (Å²) in [5.74, 6) is -0.970. The molecule has 0 aliphatic heterocycles. The van der Waals surface area contributed by atoms with Crippen LogP contribution in [0.2, 0.25) is 0 Å². The summed E-state index contributed by atoms with van der Waals surface area (Å²) >= 11 is 0. The lowest BCUT2D eigenvalue weighted by Crippen LogP contribution is -2.30. The Bertz CT molecular complexity index is 109. The Morgan fingerprint density at radius 1 is 1.70 bits per heavy atom. The topological polar surface area (TPSA) is 83.5 Å². The average molecular weight is 165 g/mol. The zero-order valence-electron chi connectivity index (χ0n) is 5.58. The second-order valence-corrected chi connectivity index (χ2v) is 3.21. The van der Waals surface area contributed by atoms with Crippen molar-refractivity contribution in [1.82, 2.24) is 0 Å². The molecule has 4 nitrogen and oxygen atoms in total. The summed E-state index contributed by atoms with van der Waals surface area (Å²) in [5.41, 5.74) is 5.18. The van der Waals surface area contributed by atoms with Crippen molar-refractivity contribution in [3.63, 3.8) is 0 Å². The van der Waals surface area contributed by atoms with E-state index in [9.17, 15) is 4.79 Å². The Morgan fingerprint density at radius 3 is 2.70 bits per heavy atom. The van der Waals surface area contributed by atoms with Crippen LogP contribution in [0.1, 0.15) is 6.42 Å². The van der Waals surface area contributed by atoms with E-state index in [1.807, 2.05) is 0 Å². The number of rotatable bonds is 5. The molecule has 0 aromatic heterocycles. The van der Waals surface area contributed by atoms with E-state index in [0.29, 0.717) is 21.2 Å². The van der Waals surface area contributed by atoms with E-state index in [2.05, 4.69) is 0 Å². The summed E-state index contributed by atoms with van der Waals surface area (Å²) in [6.07, 6.45) is 1.28. The highest BCUT2D eigenvalue weighted by molar-refractivity contribution is 7.37. The van der Waals surface area contributed by atoms with E-state index < -0.39 is 12.0 Å². The highest BCUT2D eigenvalue weighted by Crippen LogP contribution is 2.09.